The maximum atomic E-state index is 12.2. The van der Waals surface area contributed by atoms with E-state index >= 15 is 0 Å². The van der Waals surface area contributed by atoms with Crippen molar-refractivity contribution in [1.82, 2.24) is 4.57 Å². The van der Waals surface area contributed by atoms with E-state index in [0.29, 0.717) is 15.7 Å². The number of carbonyl (C=O) groups excluding carboxylic acids is 1. The fraction of sp³-hybridized carbons (Fsp3) is 0.0625. The first-order valence-corrected chi connectivity index (χ1v) is 7.18. The lowest BCUT2D eigenvalue weighted by Crippen LogP contribution is -2.18. The molecule has 0 saturated heterocycles. The van der Waals surface area contributed by atoms with E-state index in [2.05, 4.69) is 5.32 Å². The number of benzene rings is 2. The second-order valence-corrected chi connectivity index (χ2v) is 5.44. The lowest BCUT2D eigenvalue weighted by atomic mass is 10.2. The number of hydrogen-bond acceptors (Lipinski definition) is 1. The van der Waals surface area contributed by atoms with Crippen molar-refractivity contribution in [2.45, 2.75) is 6.54 Å². The number of rotatable bonds is 3. The molecule has 1 aromatic heterocycles. The number of halogens is 2. The topological polar surface area (TPSA) is 34.0 Å². The maximum Gasteiger partial charge on any atom is 0.244 e. The molecule has 3 nitrogen and oxygen atoms in total. The van der Waals surface area contributed by atoms with Gasteiger partial charge in [-0.3, -0.25) is 4.79 Å². The minimum Gasteiger partial charge on any atom is -0.338 e. The summed E-state index contributed by atoms with van der Waals surface area (Å²) in [4.78, 5) is 12.2. The summed E-state index contributed by atoms with van der Waals surface area (Å²) in [6.07, 6.45) is 1.89. The van der Waals surface area contributed by atoms with E-state index in [1.807, 2.05) is 41.1 Å². The van der Waals surface area contributed by atoms with Crippen LogP contribution in [0.25, 0.3) is 10.9 Å². The van der Waals surface area contributed by atoms with Gasteiger partial charge in [-0.15, -0.1) is 0 Å². The van der Waals surface area contributed by atoms with E-state index in [4.69, 9.17) is 23.2 Å². The van der Waals surface area contributed by atoms with Gasteiger partial charge in [0, 0.05) is 11.7 Å². The number of carbonyl (C=O) groups is 1. The molecular formula is C16H12Cl2N2O. The van der Waals surface area contributed by atoms with Crippen molar-refractivity contribution in [3.63, 3.8) is 0 Å². The zero-order valence-corrected chi connectivity index (χ0v) is 12.5. The predicted molar refractivity (Wildman–Crippen MR) is 87.0 cm³/mol. The average Bonchev–Trinajstić information content (AvgIpc) is 2.87. The van der Waals surface area contributed by atoms with Crippen molar-refractivity contribution >= 4 is 45.7 Å². The molecule has 21 heavy (non-hydrogen) atoms. The molecule has 0 aliphatic rings. The highest BCUT2D eigenvalue weighted by Gasteiger charge is 2.10. The van der Waals surface area contributed by atoms with Gasteiger partial charge < -0.3 is 9.88 Å². The summed E-state index contributed by atoms with van der Waals surface area (Å²) in [6, 6.07) is 15.0. The number of para-hydroxylation sites is 1. The normalized spacial score (nSPS) is 10.8. The van der Waals surface area contributed by atoms with E-state index in [9.17, 15) is 4.79 Å². The minimum atomic E-state index is -0.152. The molecule has 0 aliphatic heterocycles. The van der Waals surface area contributed by atoms with Crippen LogP contribution in [0.3, 0.4) is 0 Å². The third-order valence-electron chi connectivity index (χ3n) is 3.22. The summed E-state index contributed by atoms with van der Waals surface area (Å²) >= 11 is 12.0. The molecule has 2 aromatic carbocycles. The monoisotopic (exact) mass is 318 g/mol. The Hall–Kier alpha value is -1.97. The van der Waals surface area contributed by atoms with Crippen LogP contribution in [0.4, 0.5) is 5.69 Å². The van der Waals surface area contributed by atoms with Crippen LogP contribution < -0.4 is 5.32 Å². The van der Waals surface area contributed by atoms with Gasteiger partial charge in [0.1, 0.15) is 6.54 Å². The van der Waals surface area contributed by atoms with Crippen molar-refractivity contribution in [3.8, 4) is 0 Å². The fourth-order valence-corrected chi connectivity index (χ4v) is 2.57. The Morgan fingerprint density at radius 2 is 1.86 bits per heavy atom. The second kappa shape index (κ2) is 5.80. The van der Waals surface area contributed by atoms with Crippen molar-refractivity contribution in [2.75, 3.05) is 5.32 Å². The Kier molecular flexibility index (Phi) is 3.86. The van der Waals surface area contributed by atoms with Gasteiger partial charge in [-0.1, -0.05) is 47.5 Å². The van der Waals surface area contributed by atoms with Gasteiger partial charge in [0.15, 0.2) is 0 Å². The van der Waals surface area contributed by atoms with Gasteiger partial charge in [-0.05, 0) is 29.7 Å². The number of amides is 1. The molecule has 0 bridgehead atoms. The number of hydrogen-bond donors (Lipinski definition) is 1. The van der Waals surface area contributed by atoms with Gasteiger partial charge in [0.05, 0.1) is 15.7 Å². The largest absolute Gasteiger partial charge is 0.338 e. The van der Waals surface area contributed by atoms with Crippen LogP contribution in [0.15, 0.2) is 54.7 Å². The Balaban J connectivity index is 1.79. The van der Waals surface area contributed by atoms with Crippen LogP contribution in [-0.2, 0) is 11.3 Å². The maximum absolute atomic E-state index is 12.2. The van der Waals surface area contributed by atoms with E-state index < -0.39 is 0 Å². The summed E-state index contributed by atoms with van der Waals surface area (Å²) in [5, 5.41) is 4.65. The summed E-state index contributed by atoms with van der Waals surface area (Å²) in [5.41, 5.74) is 1.54. The number of nitrogens with one attached hydrogen (secondary N) is 1. The molecule has 0 unspecified atom stereocenters. The van der Waals surface area contributed by atoms with Crippen molar-refractivity contribution in [3.05, 3.63) is 64.8 Å². The first-order chi connectivity index (χ1) is 10.1. The fourth-order valence-electron chi connectivity index (χ4n) is 2.22. The number of anilines is 1. The lowest BCUT2D eigenvalue weighted by molar-refractivity contribution is -0.116. The van der Waals surface area contributed by atoms with Crippen LogP contribution in [0.5, 0.6) is 0 Å². The summed E-state index contributed by atoms with van der Waals surface area (Å²) in [6.45, 7) is 0.219. The van der Waals surface area contributed by atoms with E-state index in [-0.39, 0.29) is 12.5 Å². The van der Waals surface area contributed by atoms with Crippen LogP contribution in [0, 0.1) is 0 Å². The summed E-state index contributed by atoms with van der Waals surface area (Å²) in [7, 11) is 0. The SMILES string of the molecule is O=C(Cn1ccc2ccccc21)Nc1cccc(Cl)c1Cl. The van der Waals surface area contributed by atoms with Crippen LogP contribution in [0.1, 0.15) is 0 Å². The Morgan fingerprint density at radius 1 is 1.05 bits per heavy atom. The molecule has 3 rings (SSSR count). The van der Waals surface area contributed by atoms with E-state index in [0.717, 1.165) is 10.9 Å². The van der Waals surface area contributed by atoms with Crippen molar-refractivity contribution in [2.24, 2.45) is 0 Å². The molecule has 1 N–H and O–H groups in total. The Bertz CT molecular complexity index is 811. The average molecular weight is 319 g/mol. The van der Waals surface area contributed by atoms with Crippen LogP contribution >= 0.6 is 23.2 Å². The molecule has 3 aromatic rings. The zero-order valence-electron chi connectivity index (χ0n) is 11.0. The van der Waals surface area contributed by atoms with Gasteiger partial charge >= 0.3 is 0 Å². The van der Waals surface area contributed by atoms with Gasteiger partial charge in [-0.25, -0.2) is 0 Å². The minimum absolute atomic E-state index is 0.152. The first-order valence-electron chi connectivity index (χ1n) is 6.43. The Labute approximate surface area is 132 Å². The number of aromatic nitrogens is 1. The Morgan fingerprint density at radius 3 is 2.71 bits per heavy atom. The molecule has 0 aliphatic carbocycles. The third kappa shape index (κ3) is 2.89. The molecule has 1 heterocycles. The molecule has 0 radical (unpaired) electrons. The van der Waals surface area contributed by atoms with Crippen LogP contribution in [-0.4, -0.2) is 10.5 Å². The van der Waals surface area contributed by atoms with Gasteiger partial charge in [-0.2, -0.15) is 0 Å². The molecule has 0 fully saturated rings. The van der Waals surface area contributed by atoms with Gasteiger partial charge in [0.25, 0.3) is 0 Å². The molecular weight excluding hydrogens is 307 g/mol. The highest BCUT2D eigenvalue weighted by Crippen LogP contribution is 2.29. The summed E-state index contributed by atoms with van der Waals surface area (Å²) in [5.74, 6) is -0.152. The third-order valence-corrected chi connectivity index (χ3v) is 4.04. The lowest BCUT2D eigenvalue weighted by Gasteiger charge is -2.09. The molecule has 1 amide bonds. The summed E-state index contributed by atoms with van der Waals surface area (Å²) < 4.78 is 1.89. The molecule has 5 heteroatoms. The quantitative estimate of drug-likeness (QED) is 0.753. The van der Waals surface area contributed by atoms with E-state index in [1.165, 1.54) is 0 Å². The zero-order chi connectivity index (χ0) is 14.8. The van der Waals surface area contributed by atoms with Crippen molar-refractivity contribution in [1.29, 1.82) is 0 Å². The molecule has 0 atom stereocenters. The molecule has 106 valence electrons. The van der Waals surface area contributed by atoms with E-state index in [1.54, 1.807) is 18.2 Å². The predicted octanol–water partition coefficient (Wildman–Crippen LogP) is 4.59. The number of fused-ring (bicyclic) bond motifs is 1. The van der Waals surface area contributed by atoms with Crippen LogP contribution in [0.2, 0.25) is 10.0 Å². The highest BCUT2D eigenvalue weighted by molar-refractivity contribution is 6.43. The number of nitrogens with zero attached hydrogens (tertiary/aromatic N) is 1. The molecule has 0 spiro atoms. The highest BCUT2D eigenvalue weighted by atomic mass is 35.5. The van der Waals surface area contributed by atoms with Crippen molar-refractivity contribution < 1.29 is 4.79 Å². The smallest absolute Gasteiger partial charge is 0.244 e. The first kappa shape index (κ1) is 14.0. The molecule has 0 saturated carbocycles. The van der Waals surface area contributed by atoms with Gasteiger partial charge in [0.2, 0.25) is 5.91 Å². The standard InChI is InChI=1S/C16H12Cl2N2O/c17-12-5-3-6-13(16(12)18)19-15(21)10-20-9-8-11-4-1-2-7-14(11)20/h1-9H,10H2,(H,19,21). The second-order valence-electron chi connectivity index (χ2n) is 4.65.